The van der Waals surface area contributed by atoms with Gasteiger partial charge in [-0.1, -0.05) is 43.9 Å². The lowest BCUT2D eigenvalue weighted by atomic mass is 9.89. The van der Waals surface area contributed by atoms with Crippen molar-refractivity contribution in [2.24, 2.45) is 0 Å². The van der Waals surface area contributed by atoms with Crippen LogP contribution >= 0.6 is 11.6 Å². The first kappa shape index (κ1) is 20.1. The van der Waals surface area contributed by atoms with Crippen molar-refractivity contribution in [3.8, 4) is 0 Å². The number of hydrogen-bond donors (Lipinski definition) is 2. The molecular weight excluding hydrogens is 374 g/mol. The summed E-state index contributed by atoms with van der Waals surface area (Å²) in [6.07, 6.45) is 5.41. The minimum Gasteiger partial charge on any atom is -0.350 e. The van der Waals surface area contributed by atoms with Crippen LogP contribution in [0.5, 0.6) is 0 Å². The number of benzene rings is 1. The highest BCUT2D eigenvalue weighted by atomic mass is 35.5. The van der Waals surface area contributed by atoms with Crippen LogP contribution in [0.2, 0.25) is 0 Å². The smallest absolute Gasteiger partial charge is 0.255 e. The summed E-state index contributed by atoms with van der Waals surface area (Å²) in [5.74, 6) is -4.38. The normalized spacial score (nSPS) is 23.1. The zero-order valence-corrected chi connectivity index (χ0v) is 16.0. The van der Waals surface area contributed by atoms with Gasteiger partial charge in [-0.2, -0.15) is 0 Å². The van der Waals surface area contributed by atoms with Crippen LogP contribution in [0.1, 0.15) is 66.8 Å². The maximum absolute atomic E-state index is 13.5. The molecule has 27 heavy (non-hydrogen) atoms. The van der Waals surface area contributed by atoms with Crippen molar-refractivity contribution in [3.05, 3.63) is 35.4 Å². The lowest BCUT2D eigenvalue weighted by Crippen LogP contribution is -2.55. The van der Waals surface area contributed by atoms with E-state index in [0.29, 0.717) is 5.56 Å². The summed E-state index contributed by atoms with van der Waals surface area (Å²) in [5, 5.41) is 5.86. The highest BCUT2D eigenvalue weighted by Gasteiger charge is 2.58. The van der Waals surface area contributed by atoms with Gasteiger partial charge in [0, 0.05) is 18.5 Å². The van der Waals surface area contributed by atoms with Gasteiger partial charge in [0.2, 0.25) is 5.91 Å². The van der Waals surface area contributed by atoms with E-state index in [1.165, 1.54) is 0 Å². The van der Waals surface area contributed by atoms with Gasteiger partial charge in [-0.05, 0) is 24.5 Å². The molecule has 2 saturated carbocycles. The molecular formula is C20H25ClF2N2O2. The van der Waals surface area contributed by atoms with Crippen LogP contribution in [0.25, 0.3) is 0 Å². The highest BCUT2D eigenvalue weighted by Crippen LogP contribution is 2.56. The number of rotatable bonds is 6. The second-order valence-corrected chi connectivity index (χ2v) is 7.93. The molecule has 0 bridgehead atoms. The Labute approximate surface area is 163 Å². The van der Waals surface area contributed by atoms with Crippen molar-refractivity contribution in [1.29, 1.82) is 0 Å². The summed E-state index contributed by atoms with van der Waals surface area (Å²) in [5.41, 5.74) is 0.142. The number of carbonyl (C=O) groups excluding carboxylic acids is 2. The van der Waals surface area contributed by atoms with E-state index in [9.17, 15) is 18.4 Å². The quantitative estimate of drug-likeness (QED) is 0.562. The van der Waals surface area contributed by atoms with Gasteiger partial charge in [0.15, 0.2) is 0 Å². The van der Waals surface area contributed by atoms with Crippen LogP contribution in [-0.2, 0) is 4.79 Å². The Morgan fingerprint density at radius 1 is 1.11 bits per heavy atom. The van der Waals surface area contributed by atoms with E-state index in [2.05, 4.69) is 10.6 Å². The molecule has 1 aromatic carbocycles. The van der Waals surface area contributed by atoms with Crippen LogP contribution in [0.3, 0.4) is 0 Å². The topological polar surface area (TPSA) is 58.2 Å². The summed E-state index contributed by atoms with van der Waals surface area (Å²) in [6, 6.07) is 6.52. The molecule has 0 aliphatic heterocycles. The third-order valence-electron chi connectivity index (χ3n) is 5.58. The van der Waals surface area contributed by atoms with Crippen molar-refractivity contribution >= 4 is 23.4 Å². The van der Waals surface area contributed by atoms with Gasteiger partial charge in [0.1, 0.15) is 5.88 Å². The Morgan fingerprint density at radius 2 is 1.74 bits per heavy atom. The SMILES string of the molecule is O=C(CCl)NC1(CNC(=O)c2ccccc2C2CC2(F)F)CCCCCC1. The van der Waals surface area contributed by atoms with Gasteiger partial charge in [0.25, 0.3) is 11.8 Å². The highest BCUT2D eigenvalue weighted by molar-refractivity contribution is 6.27. The fraction of sp³-hybridized carbons (Fsp3) is 0.600. The molecule has 1 aromatic rings. The van der Waals surface area contributed by atoms with E-state index in [1.807, 2.05) is 0 Å². The molecule has 2 fully saturated rings. The van der Waals surface area contributed by atoms with Crippen molar-refractivity contribution in [1.82, 2.24) is 10.6 Å². The average Bonchev–Trinajstić information content (AvgIpc) is 3.36. The molecule has 0 radical (unpaired) electrons. The second-order valence-electron chi connectivity index (χ2n) is 7.66. The molecule has 0 heterocycles. The number of halogens is 3. The number of carbonyl (C=O) groups is 2. The van der Waals surface area contributed by atoms with Crippen LogP contribution < -0.4 is 10.6 Å². The van der Waals surface area contributed by atoms with E-state index in [1.54, 1.807) is 24.3 Å². The van der Waals surface area contributed by atoms with Crippen LogP contribution in [0.15, 0.2) is 24.3 Å². The first-order chi connectivity index (χ1) is 12.9. The Balaban J connectivity index is 1.72. The molecule has 0 spiro atoms. The van der Waals surface area contributed by atoms with Gasteiger partial charge in [-0.3, -0.25) is 9.59 Å². The fourth-order valence-corrected chi connectivity index (χ4v) is 4.05. The summed E-state index contributed by atoms with van der Waals surface area (Å²) in [6.45, 7) is 0.268. The van der Waals surface area contributed by atoms with Crippen molar-refractivity contribution in [3.63, 3.8) is 0 Å². The van der Waals surface area contributed by atoms with E-state index < -0.39 is 17.4 Å². The summed E-state index contributed by atoms with van der Waals surface area (Å²) >= 11 is 5.65. The molecule has 4 nitrogen and oxygen atoms in total. The van der Waals surface area contributed by atoms with Gasteiger partial charge >= 0.3 is 0 Å². The number of nitrogens with one attached hydrogen (secondary N) is 2. The van der Waals surface area contributed by atoms with Gasteiger partial charge < -0.3 is 10.6 Å². The number of hydrogen-bond acceptors (Lipinski definition) is 2. The maximum Gasteiger partial charge on any atom is 0.255 e. The largest absolute Gasteiger partial charge is 0.350 e. The predicted octanol–water partition coefficient (Wildman–Crippen LogP) is 3.99. The van der Waals surface area contributed by atoms with Crippen molar-refractivity contribution in [2.75, 3.05) is 12.4 Å². The molecule has 7 heteroatoms. The third-order valence-corrected chi connectivity index (χ3v) is 5.82. The summed E-state index contributed by atoms with van der Waals surface area (Å²) in [4.78, 5) is 24.6. The zero-order valence-electron chi connectivity index (χ0n) is 15.2. The minimum absolute atomic E-state index is 0.130. The molecule has 2 aliphatic rings. The molecule has 0 saturated heterocycles. The minimum atomic E-state index is -2.73. The van der Waals surface area contributed by atoms with Crippen LogP contribution in [0.4, 0.5) is 8.78 Å². The van der Waals surface area contributed by atoms with Gasteiger partial charge in [-0.25, -0.2) is 8.78 Å². The molecule has 148 valence electrons. The number of alkyl halides is 3. The molecule has 3 rings (SSSR count). The lowest BCUT2D eigenvalue weighted by Gasteiger charge is -2.34. The molecule has 0 aromatic heterocycles. The first-order valence-electron chi connectivity index (χ1n) is 9.49. The Hall–Kier alpha value is -1.69. The molecule has 1 unspecified atom stereocenters. The molecule has 2 amide bonds. The maximum atomic E-state index is 13.5. The van der Waals surface area contributed by atoms with E-state index in [0.717, 1.165) is 38.5 Å². The molecule has 2 aliphatic carbocycles. The number of amides is 2. The van der Waals surface area contributed by atoms with Crippen molar-refractivity contribution < 1.29 is 18.4 Å². The van der Waals surface area contributed by atoms with Gasteiger partial charge in [-0.15, -0.1) is 11.6 Å². The van der Waals surface area contributed by atoms with E-state index >= 15 is 0 Å². The molecule has 1 atom stereocenters. The Morgan fingerprint density at radius 3 is 2.33 bits per heavy atom. The van der Waals surface area contributed by atoms with E-state index in [-0.39, 0.29) is 36.2 Å². The average molecular weight is 399 g/mol. The summed E-state index contributed by atoms with van der Waals surface area (Å²) in [7, 11) is 0. The monoisotopic (exact) mass is 398 g/mol. The van der Waals surface area contributed by atoms with Crippen LogP contribution in [-0.4, -0.2) is 35.7 Å². The Bertz CT molecular complexity index is 703. The standard InChI is InChI=1S/C20H25ClF2N2O2/c21-12-17(26)25-19(9-5-1-2-6-10-19)13-24-18(27)15-8-4-3-7-14(15)16-11-20(16,22)23/h3-4,7-8,16H,1-2,5-6,9-13H2,(H,24,27)(H,25,26). The molecule has 2 N–H and O–H groups in total. The first-order valence-corrected chi connectivity index (χ1v) is 10.0. The zero-order chi connectivity index (χ0) is 19.5. The Kier molecular flexibility index (Phi) is 6.04. The van der Waals surface area contributed by atoms with Crippen LogP contribution in [0, 0.1) is 0 Å². The fourth-order valence-electron chi connectivity index (χ4n) is 3.98. The van der Waals surface area contributed by atoms with Gasteiger partial charge in [0.05, 0.1) is 11.5 Å². The second kappa shape index (κ2) is 8.13. The lowest BCUT2D eigenvalue weighted by molar-refractivity contribution is -0.120. The van der Waals surface area contributed by atoms with Crippen molar-refractivity contribution in [2.45, 2.75) is 62.3 Å². The van der Waals surface area contributed by atoms with E-state index in [4.69, 9.17) is 11.6 Å². The third kappa shape index (κ3) is 4.78. The predicted molar refractivity (Wildman–Crippen MR) is 100 cm³/mol. The summed E-state index contributed by atoms with van der Waals surface area (Å²) < 4.78 is 27.0.